The molecule has 0 radical (unpaired) electrons. The first-order valence-electron chi connectivity index (χ1n) is 6.89. The van der Waals surface area contributed by atoms with Gasteiger partial charge in [-0.25, -0.2) is 13.8 Å². The number of rotatable bonds is 5. The molecular formula is C13H4Cl2F6N4O4. The Bertz CT molecular complexity index is 1020. The maximum absolute atomic E-state index is 14.2. The lowest BCUT2D eigenvalue weighted by atomic mass is 10.1. The van der Waals surface area contributed by atoms with E-state index >= 15 is 0 Å². The SMILES string of the molecule is O=[N+]([O-])c1c(F)c(F)c(F)c(Nc2ncc(C(F)(F)F)cc2Cl)c1C(Cl)[N+](=O)[O-]. The predicted molar refractivity (Wildman–Crippen MR) is 86.1 cm³/mol. The highest BCUT2D eigenvalue weighted by Crippen LogP contribution is 2.43. The minimum absolute atomic E-state index is 0.228. The van der Waals surface area contributed by atoms with Gasteiger partial charge in [-0.2, -0.15) is 17.6 Å². The Morgan fingerprint density at radius 1 is 1.10 bits per heavy atom. The molecule has 2 aromatic rings. The van der Waals surface area contributed by atoms with Crippen LogP contribution in [-0.2, 0) is 6.18 Å². The number of nitrogens with zero attached hydrogens (tertiary/aromatic N) is 3. The molecule has 1 heterocycles. The molecule has 1 atom stereocenters. The van der Waals surface area contributed by atoms with Gasteiger partial charge < -0.3 is 5.32 Å². The van der Waals surface area contributed by atoms with Crippen molar-refractivity contribution < 1.29 is 36.2 Å². The molecule has 0 aliphatic heterocycles. The molecule has 0 bridgehead atoms. The summed E-state index contributed by atoms with van der Waals surface area (Å²) in [4.78, 5) is 22.2. The van der Waals surface area contributed by atoms with E-state index < -0.39 is 72.3 Å². The van der Waals surface area contributed by atoms with Crippen LogP contribution >= 0.6 is 23.2 Å². The van der Waals surface area contributed by atoms with Crippen molar-refractivity contribution in [1.29, 1.82) is 0 Å². The summed E-state index contributed by atoms with van der Waals surface area (Å²) in [5.41, 5.74) is -8.66. The van der Waals surface area contributed by atoms with Gasteiger partial charge >= 0.3 is 17.4 Å². The number of anilines is 2. The van der Waals surface area contributed by atoms with Crippen LogP contribution in [0.2, 0.25) is 5.02 Å². The van der Waals surface area contributed by atoms with Crippen LogP contribution in [-0.4, -0.2) is 14.8 Å². The number of alkyl halides is 4. The van der Waals surface area contributed by atoms with Crippen molar-refractivity contribution in [2.24, 2.45) is 0 Å². The first-order valence-corrected chi connectivity index (χ1v) is 7.70. The monoisotopic (exact) mass is 464 g/mol. The number of aromatic nitrogens is 1. The summed E-state index contributed by atoms with van der Waals surface area (Å²) in [6.07, 6.45) is -4.63. The van der Waals surface area contributed by atoms with Crippen LogP contribution in [0.15, 0.2) is 12.3 Å². The summed E-state index contributed by atoms with van der Waals surface area (Å²) in [5.74, 6) is -7.73. The fourth-order valence-corrected chi connectivity index (χ4v) is 2.53. The largest absolute Gasteiger partial charge is 0.417 e. The third-order valence-corrected chi connectivity index (χ3v) is 4.02. The van der Waals surface area contributed by atoms with E-state index in [-0.39, 0.29) is 6.20 Å². The Morgan fingerprint density at radius 2 is 1.69 bits per heavy atom. The van der Waals surface area contributed by atoms with Gasteiger partial charge in [-0.05, 0) is 17.7 Å². The number of halogens is 8. The fraction of sp³-hybridized carbons (Fsp3) is 0.154. The van der Waals surface area contributed by atoms with Crippen molar-refractivity contribution in [2.45, 2.75) is 11.7 Å². The molecule has 8 nitrogen and oxygen atoms in total. The van der Waals surface area contributed by atoms with Gasteiger partial charge in [0.15, 0.2) is 5.82 Å². The molecule has 0 saturated carbocycles. The van der Waals surface area contributed by atoms with Crippen molar-refractivity contribution in [3.8, 4) is 0 Å². The van der Waals surface area contributed by atoms with Gasteiger partial charge in [-0.15, -0.1) is 0 Å². The molecule has 0 fully saturated rings. The van der Waals surface area contributed by atoms with Gasteiger partial charge in [0.1, 0.15) is 11.4 Å². The number of hydrogen-bond donors (Lipinski definition) is 1. The lowest BCUT2D eigenvalue weighted by molar-refractivity contribution is -0.505. The molecule has 1 aromatic heterocycles. The van der Waals surface area contributed by atoms with Crippen LogP contribution in [0.25, 0.3) is 0 Å². The Labute approximate surface area is 165 Å². The van der Waals surface area contributed by atoms with Crippen LogP contribution in [0.1, 0.15) is 16.6 Å². The van der Waals surface area contributed by atoms with Gasteiger partial charge in [0.25, 0.3) is 0 Å². The second kappa shape index (κ2) is 7.87. The molecular weight excluding hydrogens is 461 g/mol. The van der Waals surface area contributed by atoms with Crippen LogP contribution < -0.4 is 5.32 Å². The second-order valence-corrected chi connectivity index (χ2v) is 5.96. The zero-order valence-corrected chi connectivity index (χ0v) is 14.7. The highest BCUT2D eigenvalue weighted by Gasteiger charge is 2.41. The lowest BCUT2D eigenvalue weighted by Gasteiger charge is -2.15. The minimum Gasteiger partial charge on any atom is -0.336 e. The molecule has 1 aromatic carbocycles. The van der Waals surface area contributed by atoms with Crippen LogP contribution in [0, 0.1) is 37.7 Å². The van der Waals surface area contributed by atoms with E-state index in [9.17, 15) is 46.6 Å². The van der Waals surface area contributed by atoms with Gasteiger partial charge in [0.2, 0.25) is 11.6 Å². The first kappa shape index (κ1) is 22.4. The second-order valence-electron chi connectivity index (χ2n) is 5.13. The summed E-state index contributed by atoms with van der Waals surface area (Å²) >= 11 is 11.0. The van der Waals surface area contributed by atoms with Gasteiger partial charge in [0, 0.05) is 11.1 Å². The van der Waals surface area contributed by atoms with Gasteiger partial charge in [-0.1, -0.05) is 11.6 Å². The predicted octanol–water partition coefficient (Wildman–Crippen LogP) is 5.34. The lowest BCUT2D eigenvalue weighted by Crippen LogP contribution is -2.15. The van der Waals surface area contributed by atoms with Crippen molar-refractivity contribution in [1.82, 2.24) is 4.98 Å². The molecule has 0 aliphatic rings. The standard InChI is InChI=1S/C13H4Cl2F6N4O4/c14-4-1-3(13(19,20)21)2-22-12(4)23-9-5(11(15)25(28)29)10(24(26)27)8(18)6(16)7(9)17/h1-2,11H,(H,22,23). The molecule has 156 valence electrons. The van der Waals surface area contributed by atoms with Crippen molar-refractivity contribution >= 4 is 40.4 Å². The van der Waals surface area contributed by atoms with Gasteiger partial charge in [-0.3, -0.25) is 20.2 Å². The molecule has 16 heteroatoms. The smallest absolute Gasteiger partial charge is 0.336 e. The summed E-state index contributed by atoms with van der Waals surface area (Å²) in [6, 6.07) is 0.328. The Kier molecular flexibility index (Phi) is 6.08. The van der Waals surface area contributed by atoms with E-state index in [0.717, 1.165) is 0 Å². The maximum Gasteiger partial charge on any atom is 0.417 e. The average Bonchev–Trinajstić information content (AvgIpc) is 2.61. The molecule has 29 heavy (non-hydrogen) atoms. The van der Waals surface area contributed by atoms with Crippen LogP contribution in [0.5, 0.6) is 0 Å². The fourth-order valence-electron chi connectivity index (χ4n) is 2.11. The molecule has 0 aliphatic carbocycles. The number of nitro groups is 2. The summed E-state index contributed by atoms with van der Waals surface area (Å²) < 4.78 is 79.8. The van der Waals surface area contributed by atoms with Crippen molar-refractivity contribution in [3.63, 3.8) is 0 Å². The molecule has 0 spiro atoms. The third-order valence-electron chi connectivity index (χ3n) is 3.36. The normalized spacial score (nSPS) is 12.6. The van der Waals surface area contributed by atoms with E-state index in [0.29, 0.717) is 6.07 Å². The molecule has 1 N–H and O–H groups in total. The number of nitro benzene ring substituents is 1. The number of benzene rings is 1. The molecule has 2 rings (SSSR count). The molecule has 1 unspecified atom stereocenters. The zero-order valence-electron chi connectivity index (χ0n) is 13.2. The van der Waals surface area contributed by atoms with Crippen molar-refractivity contribution in [2.75, 3.05) is 5.32 Å². The van der Waals surface area contributed by atoms with E-state index in [2.05, 4.69) is 4.98 Å². The topological polar surface area (TPSA) is 111 Å². The number of nitrogens with one attached hydrogen (secondary N) is 1. The first-order chi connectivity index (χ1) is 13.3. The highest BCUT2D eigenvalue weighted by molar-refractivity contribution is 6.33. The average molecular weight is 465 g/mol. The quantitative estimate of drug-likeness (QED) is 0.160. The highest BCUT2D eigenvalue weighted by atomic mass is 35.5. The Balaban J connectivity index is 2.75. The Morgan fingerprint density at radius 3 is 2.14 bits per heavy atom. The van der Waals surface area contributed by atoms with Crippen LogP contribution in [0.3, 0.4) is 0 Å². The van der Waals surface area contributed by atoms with Gasteiger partial charge in [0.05, 0.1) is 21.2 Å². The van der Waals surface area contributed by atoms with Crippen LogP contribution in [0.4, 0.5) is 43.5 Å². The molecule has 0 saturated heterocycles. The van der Waals surface area contributed by atoms with E-state index in [4.69, 9.17) is 23.2 Å². The summed E-state index contributed by atoms with van der Waals surface area (Å²) in [6.45, 7) is 0. The summed E-state index contributed by atoms with van der Waals surface area (Å²) in [7, 11) is 0. The number of hydrogen-bond acceptors (Lipinski definition) is 6. The minimum atomic E-state index is -4.86. The van der Waals surface area contributed by atoms with E-state index in [1.54, 1.807) is 5.32 Å². The van der Waals surface area contributed by atoms with Crippen molar-refractivity contribution in [3.05, 3.63) is 66.1 Å². The summed E-state index contributed by atoms with van der Waals surface area (Å²) in [5, 5.41) is 23.0. The maximum atomic E-state index is 14.2. The number of pyridine rings is 1. The zero-order chi connectivity index (χ0) is 22.3. The van der Waals surface area contributed by atoms with E-state index in [1.807, 2.05) is 0 Å². The third kappa shape index (κ3) is 4.27. The van der Waals surface area contributed by atoms with E-state index in [1.165, 1.54) is 0 Å². The molecule has 0 amide bonds. The Hall–Kier alpha value is -2.87.